The maximum Gasteiger partial charge on any atom is 0.422 e. The van der Waals surface area contributed by atoms with Gasteiger partial charge in [-0.25, -0.2) is 9.97 Å². The molecule has 1 aromatic heterocycles. The van der Waals surface area contributed by atoms with Gasteiger partial charge >= 0.3 is 6.18 Å². The van der Waals surface area contributed by atoms with E-state index < -0.39 is 18.8 Å². The van der Waals surface area contributed by atoms with Crippen LogP contribution >= 0.6 is 0 Å². The number of alkyl halides is 3. The minimum absolute atomic E-state index is 0.0453. The summed E-state index contributed by atoms with van der Waals surface area (Å²) in [7, 11) is 0. The fraction of sp³-hybridized carbons (Fsp3) is 0.421. The van der Waals surface area contributed by atoms with Crippen molar-refractivity contribution in [3.8, 4) is 5.75 Å². The largest absolute Gasteiger partial charge is 0.484 e. The van der Waals surface area contributed by atoms with E-state index in [4.69, 9.17) is 0 Å². The van der Waals surface area contributed by atoms with Gasteiger partial charge in [0.05, 0.1) is 0 Å². The average Bonchev–Trinajstić information content (AvgIpc) is 2.73. The number of nitrogens with zero attached hydrogens (tertiary/aromatic N) is 4. The highest BCUT2D eigenvalue weighted by Crippen LogP contribution is 2.21. The topological polar surface area (TPSA) is 70.6 Å². The zero-order chi connectivity index (χ0) is 20.9. The Hall–Kier alpha value is -3.04. The molecule has 3 rings (SSSR count). The van der Waals surface area contributed by atoms with Gasteiger partial charge < -0.3 is 19.9 Å². The van der Waals surface area contributed by atoms with Gasteiger partial charge in [-0.1, -0.05) is 0 Å². The van der Waals surface area contributed by atoms with Gasteiger partial charge in [0.25, 0.3) is 0 Å². The first-order chi connectivity index (χ1) is 13.8. The third kappa shape index (κ3) is 5.97. The summed E-state index contributed by atoms with van der Waals surface area (Å²) < 4.78 is 41.2. The maximum absolute atomic E-state index is 12.7. The van der Waals surface area contributed by atoms with E-state index in [-0.39, 0.29) is 11.7 Å². The lowest BCUT2D eigenvalue weighted by molar-refractivity contribution is -0.153. The van der Waals surface area contributed by atoms with E-state index in [2.05, 4.69) is 20.0 Å². The Morgan fingerprint density at radius 1 is 1.14 bits per heavy atom. The van der Waals surface area contributed by atoms with E-state index >= 15 is 0 Å². The first-order valence-corrected chi connectivity index (χ1v) is 9.19. The summed E-state index contributed by atoms with van der Waals surface area (Å²) in [5.74, 6) is 0.723. The Labute approximate surface area is 166 Å². The molecule has 1 saturated heterocycles. The summed E-state index contributed by atoms with van der Waals surface area (Å²) >= 11 is 0. The van der Waals surface area contributed by atoms with Crippen molar-refractivity contribution in [2.24, 2.45) is 0 Å². The number of piperazine rings is 1. The number of nitrogens with one attached hydrogen (secondary N) is 1. The van der Waals surface area contributed by atoms with Crippen LogP contribution in [0.25, 0.3) is 0 Å². The predicted molar refractivity (Wildman–Crippen MR) is 102 cm³/mol. The van der Waals surface area contributed by atoms with Crippen molar-refractivity contribution < 1.29 is 22.7 Å². The van der Waals surface area contributed by atoms with E-state index in [1.54, 1.807) is 42.4 Å². The van der Waals surface area contributed by atoms with E-state index in [1.807, 2.05) is 4.90 Å². The fourth-order valence-electron chi connectivity index (χ4n) is 2.98. The van der Waals surface area contributed by atoms with Crippen LogP contribution < -0.4 is 15.0 Å². The number of aromatic nitrogens is 2. The molecule has 0 radical (unpaired) electrons. The minimum Gasteiger partial charge on any atom is -0.484 e. The smallest absolute Gasteiger partial charge is 0.422 e. The molecule has 0 saturated carbocycles. The lowest BCUT2D eigenvalue weighted by atomic mass is 10.2. The lowest BCUT2D eigenvalue weighted by Crippen LogP contribution is -2.52. The Kier molecular flexibility index (Phi) is 6.40. The van der Waals surface area contributed by atoms with Crippen LogP contribution in [0.1, 0.15) is 6.92 Å². The highest BCUT2D eigenvalue weighted by molar-refractivity contribution is 5.84. The van der Waals surface area contributed by atoms with Gasteiger partial charge in [0.15, 0.2) is 6.61 Å². The number of benzene rings is 1. The molecule has 1 unspecified atom stereocenters. The highest BCUT2D eigenvalue weighted by Gasteiger charge is 2.28. The van der Waals surface area contributed by atoms with Crippen molar-refractivity contribution in [2.75, 3.05) is 43.0 Å². The second kappa shape index (κ2) is 8.97. The number of carbonyl (C=O) groups is 1. The van der Waals surface area contributed by atoms with Crippen LogP contribution in [0, 0.1) is 0 Å². The van der Waals surface area contributed by atoms with Crippen LogP contribution in [-0.4, -0.2) is 65.8 Å². The number of rotatable bonds is 6. The fourth-order valence-corrected chi connectivity index (χ4v) is 2.98. The minimum atomic E-state index is -4.38. The van der Waals surface area contributed by atoms with Gasteiger partial charge in [-0.05, 0) is 37.3 Å². The molecular formula is C19H22F3N5O2. The number of carbonyl (C=O) groups excluding carboxylic acids is 1. The van der Waals surface area contributed by atoms with E-state index in [1.165, 1.54) is 12.1 Å². The van der Waals surface area contributed by atoms with Crippen molar-refractivity contribution in [3.05, 3.63) is 42.7 Å². The SMILES string of the molecule is CC(Nc1ccc(OCC(F)(F)F)cc1)C(=O)N1CCN(c2ncccn2)CC1. The van der Waals surface area contributed by atoms with Crippen LogP contribution in [0.3, 0.4) is 0 Å². The van der Waals surface area contributed by atoms with Crippen LogP contribution in [0.15, 0.2) is 42.7 Å². The Morgan fingerprint density at radius 2 is 1.76 bits per heavy atom. The molecule has 1 N–H and O–H groups in total. The van der Waals surface area contributed by atoms with Crippen molar-refractivity contribution in [1.82, 2.24) is 14.9 Å². The number of anilines is 2. The predicted octanol–water partition coefficient (Wildman–Crippen LogP) is 2.57. The van der Waals surface area contributed by atoms with Gasteiger partial charge in [0.2, 0.25) is 11.9 Å². The Bertz CT molecular complexity index is 794. The number of ether oxygens (including phenoxy) is 1. The molecule has 1 atom stereocenters. The number of hydrogen-bond donors (Lipinski definition) is 1. The zero-order valence-corrected chi connectivity index (χ0v) is 15.9. The molecule has 1 fully saturated rings. The third-order valence-electron chi connectivity index (χ3n) is 4.44. The van der Waals surface area contributed by atoms with Gasteiger partial charge in [-0.2, -0.15) is 13.2 Å². The Balaban J connectivity index is 1.48. The highest BCUT2D eigenvalue weighted by atomic mass is 19.4. The van der Waals surface area contributed by atoms with Gasteiger partial charge in [0.1, 0.15) is 11.8 Å². The molecule has 1 aromatic carbocycles. The number of halogens is 3. The summed E-state index contributed by atoms with van der Waals surface area (Å²) in [4.78, 5) is 24.9. The number of amides is 1. The molecule has 1 aliphatic rings. The van der Waals surface area contributed by atoms with Crippen LogP contribution in [-0.2, 0) is 4.79 Å². The molecular weight excluding hydrogens is 387 g/mol. The first kappa shape index (κ1) is 20.7. The standard InChI is InChI=1S/C19H22F3N5O2/c1-14(25-15-3-5-16(6-4-15)29-13-19(20,21)22)17(28)26-9-11-27(12-10-26)18-23-7-2-8-24-18/h2-8,14,25H,9-13H2,1H3. The zero-order valence-electron chi connectivity index (χ0n) is 15.9. The normalized spacial score (nSPS) is 15.7. The second-order valence-electron chi connectivity index (χ2n) is 6.66. The summed E-state index contributed by atoms with van der Waals surface area (Å²) in [6, 6.07) is 7.32. The molecule has 2 heterocycles. The van der Waals surface area contributed by atoms with Gasteiger partial charge in [-0.15, -0.1) is 0 Å². The van der Waals surface area contributed by atoms with Gasteiger partial charge in [-0.3, -0.25) is 4.79 Å². The molecule has 0 spiro atoms. The van der Waals surface area contributed by atoms with Gasteiger partial charge in [0, 0.05) is 44.3 Å². The molecule has 29 heavy (non-hydrogen) atoms. The summed E-state index contributed by atoms with van der Waals surface area (Å²) in [5.41, 5.74) is 0.626. The van der Waals surface area contributed by atoms with E-state index in [0.29, 0.717) is 37.8 Å². The lowest BCUT2D eigenvalue weighted by Gasteiger charge is -2.36. The maximum atomic E-state index is 12.7. The van der Waals surface area contributed by atoms with Crippen molar-refractivity contribution in [1.29, 1.82) is 0 Å². The molecule has 156 valence electrons. The van der Waals surface area contributed by atoms with Crippen LogP contribution in [0.5, 0.6) is 5.75 Å². The molecule has 0 bridgehead atoms. The number of hydrogen-bond acceptors (Lipinski definition) is 6. The molecule has 1 amide bonds. The molecule has 7 nitrogen and oxygen atoms in total. The van der Waals surface area contributed by atoms with Crippen LogP contribution in [0.2, 0.25) is 0 Å². The summed E-state index contributed by atoms with van der Waals surface area (Å²) in [5, 5.41) is 3.07. The molecule has 2 aromatic rings. The first-order valence-electron chi connectivity index (χ1n) is 9.19. The monoisotopic (exact) mass is 409 g/mol. The van der Waals surface area contributed by atoms with Crippen molar-refractivity contribution >= 4 is 17.5 Å². The molecule has 0 aliphatic carbocycles. The summed E-state index contributed by atoms with van der Waals surface area (Å²) in [6.07, 6.45) is -1.01. The van der Waals surface area contributed by atoms with Crippen LogP contribution in [0.4, 0.5) is 24.8 Å². The molecule has 10 heteroatoms. The van der Waals surface area contributed by atoms with E-state index in [9.17, 15) is 18.0 Å². The quantitative estimate of drug-likeness (QED) is 0.791. The second-order valence-corrected chi connectivity index (χ2v) is 6.66. The van der Waals surface area contributed by atoms with Crippen molar-refractivity contribution in [2.45, 2.75) is 19.1 Å². The van der Waals surface area contributed by atoms with E-state index in [0.717, 1.165) is 0 Å². The van der Waals surface area contributed by atoms with Crippen molar-refractivity contribution in [3.63, 3.8) is 0 Å². The molecule has 1 aliphatic heterocycles. The average molecular weight is 409 g/mol. The third-order valence-corrected chi connectivity index (χ3v) is 4.44. The Morgan fingerprint density at radius 3 is 2.34 bits per heavy atom. The summed E-state index contributed by atoms with van der Waals surface area (Å²) in [6.45, 7) is 2.83.